The Bertz CT molecular complexity index is 1210. The number of aromatic nitrogens is 2. The Morgan fingerprint density at radius 1 is 1.16 bits per heavy atom. The van der Waals surface area contributed by atoms with Gasteiger partial charge in [0.25, 0.3) is 5.91 Å². The number of ether oxygens (including phenoxy) is 1. The van der Waals surface area contributed by atoms with Gasteiger partial charge in [0.2, 0.25) is 0 Å². The minimum absolute atomic E-state index is 0.189. The van der Waals surface area contributed by atoms with Gasteiger partial charge in [0.15, 0.2) is 5.13 Å². The second-order valence-corrected chi connectivity index (χ2v) is 8.88. The van der Waals surface area contributed by atoms with Crippen molar-refractivity contribution in [1.29, 1.82) is 0 Å². The molecular formula is C24H23N3O3S2. The molecule has 0 atom stereocenters. The molecular weight excluding hydrogens is 442 g/mol. The standard InChI is InChI=1S/C24H23N3O3S2/c1-4-29-21-11-7-5-9-17(21)20-14-32-24(25-20)26-23(28)18-10-6-8-12-22(18)31-13-19-15(2)27-30-16(19)3/h5-12,14H,4,13H2,1-3H3,(H,25,26,28). The molecule has 1 N–H and O–H groups in total. The minimum atomic E-state index is -0.189. The fourth-order valence-electron chi connectivity index (χ4n) is 3.22. The van der Waals surface area contributed by atoms with Gasteiger partial charge in [0, 0.05) is 27.2 Å². The van der Waals surface area contributed by atoms with E-state index in [9.17, 15) is 4.79 Å². The lowest BCUT2D eigenvalue weighted by Gasteiger charge is -2.09. The van der Waals surface area contributed by atoms with Crippen molar-refractivity contribution in [3.05, 3.63) is 76.5 Å². The Balaban J connectivity index is 1.50. The predicted octanol–water partition coefficient (Wildman–Crippen LogP) is 6.36. The lowest BCUT2D eigenvalue weighted by atomic mass is 10.1. The molecule has 8 heteroatoms. The van der Waals surface area contributed by atoms with Gasteiger partial charge in [-0.2, -0.15) is 0 Å². The molecule has 0 aliphatic heterocycles. The summed E-state index contributed by atoms with van der Waals surface area (Å²) < 4.78 is 10.9. The molecule has 0 fully saturated rings. The lowest BCUT2D eigenvalue weighted by Crippen LogP contribution is -2.12. The van der Waals surface area contributed by atoms with Gasteiger partial charge in [0.05, 0.1) is 23.6 Å². The summed E-state index contributed by atoms with van der Waals surface area (Å²) in [7, 11) is 0. The van der Waals surface area contributed by atoms with Crippen molar-refractivity contribution in [3.8, 4) is 17.0 Å². The van der Waals surface area contributed by atoms with Crippen molar-refractivity contribution in [2.45, 2.75) is 31.4 Å². The summed E-state index contributed by atoms with van der Waals surface area (Å²) in [6.07, 6.45) is 0. The van der Waals surface area contributed by atoms with E-state index in [0.717, 1.165) is 38.9 Å². The second kappa shape index (κ2) is 10.0. The molecule has 0 aliphatic rings. The maximum atomic E-state index is 13.0. The topological polar surface area (TPSA) is 77.2 Å². The number of anilines is 1. The third-order valence-electron chi connectivity index (χ3n) is 4.87. The van der Waals surface area contributed by atoms with Crippen molar-refractivity contribution in [3.63, 3.8) is 0 Å². The van der Waals surface area contributed by atoms with E-state index in [-0.39, 0.29) is 5.91 Å². The molecule has 4 rings (SSSR count). The van der Waals surface area contributed by atoms with E-state index < -0.39 is 0 Å². The van der Waals surface area contributed by atoms with E-state index in [4.69, 9.17) is 9.26 Å². The number of hydrogen-bond donors (Lipinski definition) is 1. The molecule has 6 nitrogen and oxygen atoms in total. The molecule has 2 aromatic carbocycles. The lowest BCUT2D eigenvalue weighted by molar-refractivity contribution is 0.102. The Morgan fingerprint density at radius 2 is 1.94 bits per heavy atom. The van der Waals surface area contributed by atoms with Crippen LogP contribution in [0.3, 0.4) is 0 Å². The van der Waals surface area contributed by atoms with E-state index in [1.165, 1.54) is 11.3 Å². The highest BCUT2D eigenvalue weighted by Crippen LogP contribution is 2.33. The molecule has 32 heavy (non-hydrogen) atoms. The van der Waals surface area contributed by atoms with Gasteiger partial charge in [-0.3, -0.25) is 10.1 Å². The number of thioether (sulfide) groups is 1. The molecule has 0 spiro atoms. The van der Waals surface area contributed by atoms with E-state index in [1.807, 2.05) is 74.7 Å². The first-order valence-corrected chi connectivity index (χ1v) is 12.1. The van der Waals surface area contributed by atoms with Crippen LogP contribution in [0.5, 0.6) is 5.75 Å². The predicted molar refractivity (Wildman–Crippen MR) is 129 cm³/mol. The number of nitrogens with one attached hydrogen (secondary N) is 1. The van der Waals surface area contributed by atoms with Crippen LogP contribution in [0.25, 0.3) is 11.3 Å². The zero-order valence-electron chi connectivity index (χ0n) is 18.0. The van der Waals surface area contributed by atoms with Crippen LogP contribution >= 0.6 is 23.1 Å². The van der Waals surface area contributed by atoms with Gasteiger partial charge in [-0.15, -0.1) is 23.1 Å². The van der Waals surface area contributed by atoms with E-state index in [1.54, 1.807) is 11.8 Å². The number of hydrogen-bond acceptors (Lipinski definition) is 7. The van der Waals surface area contributed by atoms with Crippen LogP contribution in [-0.4, -0.2) is 22.7 Å². The van der Waals surface area contributed by atoms with Crippen LogP contribution < -0.4 is 10.1 Å². The summed E-state index contributed by atoms with van der Waals surface area (Å²) in [5, 5.41) is 9.41. The monoisotopic (exact) mass is 465 g/mol. The highest BCUT2D eigenvalue weighted by Gasteiger charge is 2.16. The SMILES string of the molecule is CCOc1ccccc1-c1csc(NC(=O)c2ccccc2SCc2c(C)noc2C)n1. The number of carbonyl (C=O) groups excluding carboxylic acids is 1. The fourth-order valence-corrected chi connectivity index (χ4v) is 5.13. The Morgan fingerprint density at radius 3 is 2.72 bits per heavy atom. The van der Waals surface area contributed by atoms with Gasteiger partial charge < -0.3 is 9.26 Å². The molecule has 0 saturated carbocycles. The first kappa shape index (κ1) is 22.1. The van der Waals surface area contributed by atoms with Gasteiger partial charge in [-0.05, 0) is 45.0 Å². The summed E-state index contributed by atoms with van der Waals surface area (Å²) in [5.74, 6) is 2.07. The third kappa shape index (κ3) is 4.87. The summed E-state index contributed by atoms with van der Waals surface area (Å²) in [6.45, 7) is 6.35. The normalized spacial score (nSPS) is 10.8. The van der Waals surface area contributed by atoms with Crippen molar-refractivity contribution in [2.75, 3.05) is 11.9 Å². The maximum Gasteiger partial charge on any atom is 0.258 e. The van der Waals surface area contributed by atoms with Gasteiger partial charge in [-0.25, -0.2) is 4.98 Å². The second-order valence-electron chi connectivity index (χ2n) is 7.01. The van der Waals surface area contributed by atoms with Gasteiger partial charge in [0.1, 0.15) is 11.5 Å². The van der Waals surface area contributed by atoms with Crippen molar-refractivity contribution >= 4 is 34.1 Å². The maximum absolute atomic E-state index is 13.0. The van der Waals surface area contributed by atoms with Crippen molar-refractivity contribution in [2.24, 2.45) is 0 Å². The third-order valence-corrected chi connectivity index (χ3v) is 6.73. The number of rotatable bonds is 8. The fraction of sp³-hybridized carbons (Fsp3) is 0.208. The summed E-state index contributed by atoms with van der Waals surface area (Å²) >= 11 is 2.98. The Kier molecular flexibility index (Phi) is 6.92. The van der Waals surface area contributed by atoms with Gasteiger partial charge >= 0.3 is 0 Å². The molecule has 0 unspecified atom stereocenters. The number of nitrogens with zero attached hydrogens (tertiary/aromatic N) is 2. The molecule has 0 saturated heterocycles. The van der Waals surface area contributed by atoms with Crippen molar-refractivity contribution in [1.82, 2.24) is 10.1 Å². The summed E-state index contributed by atoms with van der Waals surface area (Å²) in [5.41, 5.74) is 4.22. The van der Waals surface area contributed by atoms with Crippen molar-refractivity contribution < 1.29 is 14.1 Å². The number of aryl methyl sites for hydroxylation is 2. The highest BCUT2D eigenvalue weighted by molar-refractivity contribution is 7.98. The van der Waals surface area contributed by atoms with E-state index in [2.05, 4.69) is 15.5 Å². The molecule has 2 aromatic heterocycles. The molecule has 0 aliphatic carbocycles. The van der Waals surface area contributed by atoms with Gasteiger partial charge in [-0.1, -0.05) is 29.4 Å². The van der Waals surface area contributed by atoms with Crippen LogP contribution in [0.1, 0.15) is 34.3 Å². The highest BCUT2D eigenvalue weighted by atomic mass is 32.2. The molecule has 0 radical (unpaired) electrons. The summed E-state index contributed by atoms with van der Waals surface area (Å²) in [6, 6.07) is 15.3. The van der Waals surface area contributed by atoms with E-state index >= 15 is 0 Å². The van der Waals surface area contributed by atoms with Crippen LogP contribution in [0.4, 0.5) is 5.13 Å². The largest absolute Gasteiger partial charge is 0.493 e. The number of amides is 1. The smallest absolute Gasteiger partial charge is 0.258 e. The molecule has 164 valence electrons. The van der Waals surface area contributed by atoms with E-state index in [0.29, 0.717) is 23.1 Å². The zero-order chi connectivity index (χ0) is 22.5. The molecule has 0 bridgehead atoms. The molecule has 2 heterocycles. The first-order valence-electron chi connectivity index (χ1n) is 10.2. The first-order chi connectivity index (χ1) is 15.6. The average molecular weight is 466 g/mol. The van der Waals surface area contributed by atoms with Crippen LogP contribution in [0.15, 0.2) is 63.3 Å². The Hall–Kier alpha value is -3.10. The van der Waals surface area contributed by atoms with Crippen LogP contribution in [0.2, 0.25) is 0 Å². The van der Waals surface area contributed by atoms with Crippen LogP contribution in [-0.2, 0) is 5.75 Å². The number of thiazole rings is 1. The van der Waals surface area contributed by atoms with Crippen LogP contribution in [0, 0.1) is 13.8 Å². The number of para-hydroxylation sites is 1. The minimum Gasteiger partial charge on any atom is -0.493 e. The molecule has 4 aromatic rings. The average Bonchev–Trinajstić information content (AvgIpc) is 3.39. The zero-order valence-corrected chi connectivity index (χ0v) is 19.7. The summed E-state index contributed by atoms with van der Waals surface area (Å²) in [4.78, 5) is 18.5. The quantitative estimate of drug-likeness (QED) is 0.305. The number of carbonyl (C=O) groups is 1. The number of benzene rings is 2. The Labute approximate surface area is 195 Å². The molecule has 1 amide bonds.